The number of ether oxygens (including phenoxy) is 2. The Bertz CT molecular complexity index is 1340. The van der Waals surface area contributed by atoms with Gasteiger partial charge in [0.1, 0.15) is 5.75 Å². The number of carboxylic acids is 1. The standard InChI is InChI=1S/C23H19F3N4O8/c1-11-6-13(8-15(7-11)36-18(33)12-2-4-14(5-3-12)29-21(27)28)16-9-22(38-30-16,10-17(31)32)19(34)37-20(35)23(24,25)26/h2-8H,9-10H2,1H3,(H,31,32)(H4,27,28,29). The maximum Gasteiger partial charge on any atom is 0.491 e. The second kappa shape index (κ2) is 10.6. The Morgan fingerprint density at radius 2 is 1.84 bits per heavy atom. The highest BCUT2D eigenvalue weighted by atomic mass is 19.4. The largest absolute Gasteiger partial charge is 0.491 e. The summed E-state index contributed by atoms with van der Waals surface area (Å²) >= 11 is 0. The van der Waals surface area contributed by atoms with Gasteiger partial charge >= 0.3 is 30.1 Å². The summed E-state index contributed by atoms with van der Waals surface area (Å²) in [6.07, 6.45) is -7.29. The van der Waals surface area contributed by atoms with Crippen molar-refractivity contribution < 1.29 is 51.8 Å². The maximum atomic E-state index is 12.6. The van der Waals surface area contributed by atoms with Gasteiger partial charge in [-0.25, -0.2) is 14.4 Å². The van der Waals surface area contributed by atoms with Gasteiger partial charge in [0.05, 0.1) is 17.7 Å². The maximum absolute atomic E-state index is 12.6. The molecular weight excluding hydrogens is 517 g/mol. The van der Waals surface area contributed by atoms with Gasteiger partial charge in [-0.05, 0) is 55.0 Å². The lowest BCUT2D eigenvalue weighted by atomic mass is 9.90. The molecule has 38 heavy (non-hydrogen) atoms. The Labute approximate surface area is 211 Å². The molecule has 1 unspecified atom stereocenters. The van der Waals surface area contributed by atoms with Gasteiger partial charge in [0.25, 0.3) is 0 Å². The number of oxime groups is 1. The topological polar surface area (TPSA) is 190 Å². The molecule has 0 spiro atoms. The molecule has 0 saturated heterocycles. The number of carbonyl (C=O) groups is 4. The molecule has 200 valence electrons. The number of hydrogen-bond acceptors (Lipinski definition) is 9. The van der Waals surface area contributed by atoms with E-state index in [4.69, 9.17) is 20.7 Å². The zero-order valence-corrected chi connectivity index (χ0v) is 19.4. The van der Waals surface area contributed by atoms with Gasteiger partial charge in [-0.15, -0.1) is 0 Å². The number of nitrogens with two attached hydrogens (primary N) is 1. The molecule has 0 fully saturated rings. The summed E-state index contributed by atoms with van der Waals surface area (Å²) < 4.78 is 46.8. The zero-order valence-electron chi connectivity index (χ0n) is 19.4. The van der Waals surface area contributed by atoms with Crippen LogP contribution in [-0.4, -0.2) is 52.4 Å². The molecular formula is C23H19F3N4O8. The minimum absolute atomic E-state index is 0.0317. The number of hydrogen-bond donors (Lipinski definition) is 4. The highest BCUT2D eigenvalue weighted by Crippen LogP contribution is 2.34. The van der Waals surface area contributed by atoms with Crippen molar-refractivity contribution in [2.45, 2.75) is 31.5 Å². The number of anilines is 1. The average Bonchev–Trinajstić information content (AvgIpc) is 3.23. The predicted molar refractivity (Wildman–Crippen MR) is 122 cm³/mol. The van der Waals surface area contributed by atoms with Crippen LogP contribution < -0.4 is 15.8 Å². The number of carboxylic acid groups (broad SMARTS) is 1. The van der Waals surface area contributed by atoms with E-state index in [1.165, 1.54) is 42.5 Å². The summed E-state index contributed by atoms with van der Waals surface area (Å²) in [6.45, 7) is 1.63. The molecule has 0 aliphatic carbocycles. The van der Waals surface area contributed by atoms with Crippen molar-refractivity contribution in [3.8, 4) is 5.75 Å². The van der Waals surface area contributed by atoms with Crippen LogP contribution in [0.5, 0.6) is 5.75 Å². The van der Waals surface area contributed by atoms with Crippen LogP contribution in [0.25, 0.3) is 0 Å². The summed E-state index contributed by atoms with van der Waals surface area (Å²) in [5.74, 6) is -7.35. The number of alkyl halides is 3. The number of aliphatic carboxylic acids is 1. The Kier molecular flexibility index (Phi) is 7.69. The van der Waals surface area contributed by atoms with Gasteiger partial charge in [-0.1, -0.05) is 5.16 Å². The molecule has 2 aromatic rings. The zero-order chi connectivity index (χ0) is 28.3. The van der Waals surface area contributed by atoms with E-state index in [1.807, 2.05) is 0 Å². The molecule has 0 radical (unpaired) electrons. The summed E-state index contributed by atoms with van der Waals surface area (Å²) in [7, 11) is 0. The number of nitrogens with zero attached hydrogens (tertiary/aromatic N) is 1. The number of rotatable bonds is 7. The first-order chi connectivity index (χ1) is 17.7. The number of benzene rings is 2. The fourth-order valence-corrected chi connectivity index (χ4v) is 3.37. The van der Waals surface area contributed by atoms with Crippen molar-refractivity contribution in [2.75, 3.05) is 5.32 Å². The van der Waals surface area contributed by atoms with E-state index < -0.39 is 48.5 Å². The lowest BCUT2D eigenvalue weighted by Gasteiger charge is -2.22. The predicted octanol–water partition coefficient (Wildman–Crippen LogP) is 2.49. The monoisotopic (exact) mass is 536 g/mol. The smallest absolute Gasteiger partial charge is 0.481 e. The van der Waals surface area contributed by atoms with E-state index in [1.54, 1.807) is 6.92 Å². The SMILES string of the molecule is Cc1cc(OC(=O)c2ccc(NC(=N)N)cc2)cc(C2=NOC(CC(=O)O)(C(=O)OC(=O)C(F)(F)F)C2)c1. The van der Waals surface area contributed by atoms with E-state index in [2.05, 4.69) is 15.2 Å². The molecule has 3 rings (SSSR count). The lowest BCUT2D eigenvalue weighted by Crippen LogP contribution is -2.45. The van der Waals surface area contributed by atoms with Crippen LogP contribution in [0, 0.1) is 12.3 Å². The number of carbonyl (C=O) groups excluding carboxylic acids is 3. The highest BCUT2D eigenvalue weighted by molar-refractivity contribution is 6.07. The molecule has 0 amide bonds. The number of guanidine groups is 1. The van der Waals surface area contributed by atoms with E-state index in [0.29, 0.717) is 11.3 Å². The first-order valence-electron chi connectivity index (χ1n) is 10.5. The molecule has 0 bridgehead atoms. The molecule has 2 aromatic carbocycles. The Hall–Kier alpha value is -4.95. The minimum atomic E-state index is -5.50. The second-order valence-corrected chi connectivity index (χ2v) is 8.09. The molecule has 0 aromatic heterocycles. The fraction of sp³-hybridized carbons (Fsp3) is 0.217. The molecule has 15 heteroatoms. The quantitative estimate of drug-likeness (QED) is 0.134. The Morgan fingerprint density at radius 1 is 1.18 bits per heavy atom. The van der Waals surface area contributed by atoms with Crippen molar-refractivity contribution >= 4 is 41.2 Å². The molecule has 12 nitrogen and oxygen atoms in total. The highest BCUT2D eigenvalue weighted by Gasteiger charge is 2.53. The van der Waals surface area contributed by atoms with Crippen LogP contribution in [0.3, 0.4) is 0 Å². The van der Waals surface area contributed by atoms with Gasteiger partial charge in [0.15, 0.2) is 5.96 Å². The van der Waals surface area contributed by atoms with Crippen LogP contribution in [0.1, 0.15) is 34.3 Å². The van der Waals surface area contributed by atoms with Gasteiger partial charge in [0, 0.05) is 17.7 Å². The number of nitrogens with one attached hydrogen (secondary N) is 2. The first-order valence-corrected chi connectivity index (χ1v) is 10.5. The number of aryl methyl sites for hydroxylation is 1. The summed E-state index contributed by atoms with van der Waals surface area (Å²) in [6, 6.07) is 10.2. The van der Waals surface area contributed by atoms with Crippen molar-refractivity contribution in [3.63, 3.8) is 0 Å². The Balaban J connectivity index is 1.80. The van der Waals surface area contributed by atoms with Crippen LogP contribution in [-0.2, 0) is 24.0 Å². The molecule has 1 heterocycles. The third kappa shape index (κ3) is 6.63. The first kappa shape index (κ1) is 27.6. The average molecular weight is 536 g/mol. The van der Waals surface area contributed by atoms with Crippen LogP contribution >= 0.6 is 0 Å². The van der Waals surface area contributed by atoms with Gasteiger partial charge in [0.2, 0.25) is 5.60 Å². The summed E-state index contributed by atoms with van der Waals surface area (Å²) in [5.41, 5.74) is 4.02. The summed E-state index contributed by atoms with van der Waals surface area (Å²) in [4.78, 5) is 52.3. The van der Waals surface area contributed by atoms with E-state index in [-0.39, 0.29) is 28.5 Å². The Morgan fingerprint density at radius 3 is 2.42 bits per heavy atom. The molecule has 0 saturated carbocycles. The van der Waals surface area contributed by atoms with Crippen molar-refractivity contribution in [3.05, 3.63) is 59.2 Å². The van der Waals surface area contributed by atoms with Crippen molar-refractivity contribution in [1.82, 2.24) is 0 Å². The minimum Gasteiger partial charge on any atom is -0.481 e. The van der Waals surface area contributed by atoms with E-state index in [9.17, 15) is 37.5 Å². The van der Waals surface area contributed by atoms with Gasteiger partial charge < -0.3 is 30.5 Å². The van der Waals surface area contributed by atoms with Crippen LogP contribution in [0.4, 0.5) is 18.9 Å². The third-order valence-electron chi connectivity index (χ3n) is 5.00. The fourth-order valence-electron chi connectivity index (χ4n) is 3.37. The second-order valence-electron chi connectivity index (χ2n) is 8.09. The van der Waals surface area contributed by atoms with E-state index in [0.717, 1.165) is 0 Å². The summed E-state index contributed by atoms with van der Waals surface area (Å²) in [5, 5.41) is 22.6. The van der Waals surface area contributed by atoms with Crippen LogP contribution in [0.15, 0.2) is 47.6 Å². The third-order valence-corrected chi connectivity index (χ3v) is 5.00. The van der Waals surface area contributed by atoms with Gasteiger partial charge in [-0.3, -0.25) is 10.2 Å². The molecule has 1 aliphatic heterocycles. The van der Waals surface area contributed by atoms with Crippen LogP contribution in [0.2, 0.25) is 0 Å². The molecule has 5 N–H and O–H groups in total. The molecule has 1 atom stereocenters. The van der Waals surface area contributed by atoms with Crippen molar-refractivity contribution in [1.29, 1.82) is 5.41 Å². The van der Waals surface area contributed by atoms with E-state index >= 15 is 0 Å². The lowest BCUT2D eigenvalue weighted by molar-refractivity contribution is -0.209. The van der Waals surface area contributed by atoms with Crippen molar-refractivity contribution in [2.24, 2.45) is 10.9 Å². The molecule has 1 aliphatic rings. The normalized spacial score (nSPS) is 16.6. The van der Waals surface area contributed by atoms with Gasteiger partial charge in [-0.2, -0.15) is 13.2 Å². The number of esters is 3. The number of halogens is 3.